The molecule has 0 aliphatic rings. The highest BCUT2D eigenvalue weighted by Crippen LogP contribution is 2.43. The summed E-state index contributed by atoms with van der Waals surface area (Å²) < 4.78 is 62.3. The van der Waals surface area contributed by atoms with Crippen LogP contribution in [0.2, 0.25) is 0 Å². The van der Waals surface area contributed by atoms with Crippen LogP contribution in [-0.4, -0.2) is 28.4 Å². The number of nitrogens with one attached hydrogen (secondary N) is 2. The van der Waals surface area contributed by atoms with Gasteiger partial charge in [0.15, 0.2) is 0 Å². The number of aryl methyl sites for hydroxylation is 1. The van der Waals surface area contributed by atoms with Crippen molar-refractivity contribution in [3.63, 3.8) is 0 Å². The van der Waals surface area contributed by atoms with Gasteiger partial charge in [0, 0.05) is 39.0 Å². The molecule has 0 aliphatic heterocycles. The number of fused-ring (bicyclic) bond motifs is 2. The van der Waals surface area contributed by atoms with Gasteiger partial charge >= 0.3 is 6.36 Å². The van der Waals surface area contributed by atoms with E-state index in [4.69, 9.17) is 4.74 Å². The van der Waals surface area contributed by atoms with Gasteiger partial charge in [0.25, 0.3) is 0 Å². The Hall–Kier alpha value is -3.53. The minimum atomic E-state index is -4.88. The van der Waals surface area contributed by atoms with Gasteiger partial charge in [-0.2, -0.15) is 0 Å². The third kappa shape index (κ3) is 3.46. The molecule has 164 valence electrons. The van der Waals surface area contributed by atoms with Gasteiger partial charge in [-0.3, -0.25) is 0 Å². The topological polar surface area (TPSA) is 62.9 Å². The molecular weight excluding hydrogens is 446 g/mol. The van der Waals surface area contributed by atoms with E-state index in [0.717, 1.165) is 16.6 Å². The molecule has 0 saturated carbocycles. The van der Waals surface area contributed by atoms with E-state index in [-0.39, 0.29) is 11.4 Å². The number of halogens is 4. The van der Waals surface area contributed by atoms with Crippen molar-refractivity contribution in [1.29, 1.82) is 0 Å². The molecule has 2 N–H and O–H groups in total. The van der Waals surface area contributed by atoms with E-state index in [9.17, 15) is 17.6 Å². The first-order valence-corrected chi connectivity index (χ1v) is 10.3. The second-order valence-corrected chi connectivity index (χ2v) is 8.00. The molecule has 5 rings (SSSR count). The molecule has 0 unspecified atom stereocenters. The number of benzene rings is 2. The Kier molecular flexibility index (Phi) is 4.63. The molecule has 0 saturated heterocycles. The van der Waals surface area contributed by atoms with Gasteiger partial charge in [-0.05, 0) is 37.3 Å². The number of methoxy groups -OCH3 is 1. The fourth-order valence-corrected chi connectivity index (χ4v) is 4.69. The maximum absolute atomic E-state index is 13.6. The Balaban J connectivity index is 1.68. The second kappa shape index (κ2) is 7.27. The number of rotatable bonds is 4. The van der Waals surface area contributed by atoms with E-state index in [2.05, 4.69) is 19.7 Å². The highest BCUT2D eigenvalue weighted by atomic mass is 32.1. The van der Waals surface area contributed by atoms with Crippen LogP contribution < -0.4 is 9.47 Å². The van der Waals surface area contributed by atoms with Gasteiger partial charge in [-0.1, -0.05) is 0 Å². The maximum atomic E-state index is 13.6. The van der Waals surface area contributed by atoms with Crippen molar-refractivity contribution in [1.82, 2.24) is 15.0 Å². The van der Waals surface area contributed by atoms with E-state index in [1.807, 2.05) is 6.92 Å². The Morgan fingerprint density at radius 3 is 2.44 bits per heavy atom. The lowest BCUT2D eigenvalue weighted by Gasteiger charge is -2.08. The Morgan fingerprint density at radius 1 is 0.969 bits per heavy atom. The fraction of sp³-hybridized carbons (Fsp3) is 0.136. The number of thiazole rings is 1. The summed E-state index contributed by atoms with van der Waals surface area (Å²) >= 11 is 1.19. The lowest BCUT2D eigenvalue weighted by molar-refractivity contribution is -0.275. The lowest BCUT2D eigenvalue weighted by atomic mass is 10.1. The predicted molar refractivity (Wildman–Crippen MR) is 115 cm³/mol. The molecular formula is C22H15F4N3O2S. The molecule has 0 spiro atoms. The minimum Gasteiger partial charge on any atom is -0.497 e. The molecule has 0 bridgehead atoms. The van der Waals surface area contributed by atoms with Crippen LogP contribution >= 0.6 is 11.3 Å². The number of aromatic nitrogens is 3. The van der Waals surface area contributed by atoms with Gasteiger partial charge < -0.3 is 19.4 Å². The van der Waals surface area contributed by atoms with Gasteiger partial charge in [-0.15, -0.1) is 24.5 Å². The molecule has 0 atom stereocenters. The zero-order chi connectivity index (χ0) is 22.6. The fourth-order valence-electron chi connectivity index (χ4n) is 3.82. The van der Waals surface area contributed by atoms with Crippen LogP contribution in [0.5, 0.6) is 11.6 Å². The number of nitrogens with zero attached hydrogens (tertiary/aromatic N) is 1. The largest absolute Gasteiger partial charge is 0.574 e. The average Bonchev–Trinajstić information content (AvgIpc) is 3.39. The number of alkyl halides is 3. The molecule has 0 fully saturated rings. The Morgan fingerprint density at radius 2 is 1.69 bits per heavy atom. The first kappa shape index (κ1) is 20.4. The highest BCUT2D eigenvalue weighted by molar-refractivity contribution is 7.13. The summed E-state index contributed by atoms with van der Waals surface area (Å²) in [5.41, 5.74) is 3.36. The second-order valence-electron chi connectivity index (χ2n) is 7.14. The van der Waals surface area contributed by atoms with Crippen molar-refractivity contribution >= 4 is 33.1 Å². The van der Waals surface area contributed by atoms with Crippen molar-refractivity contribution in [2.75, 3.05) is 7.11 Å². The van der Waals surface area contributed by atoms with Crippen molar-refractivity contribution in [2.45, 2.75) is 13.3 Å². The van der Waals surface area contributed by atoms with Crippen LogP contribution in [0.25, 0.3) is 43.6 Å². The minimum absolute atomic E-state index is 0.208. The van der Waals surface area contributed by atoms with Crippen LogP contribution in [0.15, 0.2) is 41.8 Å². The third-order valence-electron chi connectivity index (χ3n) is 5.11. The smallest absolute Gasteiger partial charge is 0.497 e. The van der Waals surface area contributed by atoms with Gasteiger partial charge in [0.05, 0.1) is 23.9 Å². The third-order valence-corrected chi connectivity index (χ3v) is 5.97. The molecule has 0 aliphatic carbocycles. The molecule has 0 amide bonds. The molecule has 32 heavy (non-hydrogen) atoms. The molecule has 2 aromatic carbocycles. The normalized spacial score (nSPS) is 12.1. The summed E-state index contributed by atoms with van der Waals surface area (Å²) in [7, 11) is 1.47. The highest BCUT2D eigenvalue weighted by Gasteiger charge is 2.34. The summed E-state index contributed by atoms with van der Waals surface area (Å²) in [4.78, 5) is 10.4. The summed E-state index contributed by atoms with van der Waals surface area (Å²) in [6.45, 7) is 1.84. The zero-order valence-electron chi connectivity index (χ0n) is 16.7. The van der Waals surface area contributed by atoms with Gasteiger partial charge in [0.1, 0.15) is 16.6 Å². The van der Waals surface area contributed by atoms with Crippen molar-refractivity contribution in [2.24, 2.45) is 0 Å². The van der Waals surface area contributed by atoms with Crippen molar-refractivity contribution in [3.8, 4) is 33.5 Å². The molecule has 3 heterocycles. The SMILES string of the molecule is COc1ccc2c(-c3nc(-c4c(C)[nH]c5cc(F)ccc45)cs3)c(OC(F)(F)F)[nH]c2c1. The lowest BCUT2D eigenvalue weighted by Crippen LogP contribution is -2.17. The molecule has 3 aromatic heterocycles. The number of aromatic amines is 2. The summed E-state index contributed by atoms with van der Waals surface area (Å²) in [5, 5.41) is 3.40. The quantitative estimate of drug-likeness (QED) is 0.290. The molecule has 10 heteroatoms. The van der Waals surface area contributed by atoms with E-state index < -0.39 is 12.2 Å². The number of H-pyrrole nitrogens is 2. The van der Waals surface area contributed by atoms with Crippen LogP contribution in [-0.2, 0) is 0 Å². The average molecular weight is 461 g/mol. The number of ether oxygens (including phenoxy) is 2. The monoisotopic (exact) mass is 461 g/mol. The van der Waals surface area contributed by atoms with Crippen LogP contribution in [0.4, 0.5) is 17.6 Å². The standard InChI is InChI=1S/C22H15F4N3O2S/c1-10-18(13-5-3-11(23)7-15(13)27-10)17-9-32-21(29-17)19-14-6-4-12(30-2)8-16(14)28-20(19)31-22(24,25)26/h3-9,27-28H,1-2H3. The first-order valence-electron chi connectivity index (χ1n) is 9.43. The Bertz CT molecular complexity index is 1470. The Labute approximate surface area is 182 Å². The van der Waals surface area contributed by atoms with E-state index in [1.54, 1.807) is 29.6 Å². The summed E-state index contributed by atoms with van der Waals surface area (Å²) in [6, 6.07) is 9.30. The first-order chi connectivity index (χ1) is 15.2. The van der Waals surface area contributed by atoms with Crippen LogP contribution in [0, 0.1) is 12.7 Å². The predicted octanol–water partition coefficient (Wildman–Crippen LogP) is 6.79. The van der Waals surface area contributed by atoms with Gasteiger partial charge in [0.2, 0.25) is 5.88 Å². The summed E-state index contributed by atoms with van der Waals surface area (Å²) in [6.07, 6.45) is -4.88. The molecule has 5 nitrogen and oxygen atoms in total. The number of hydrogen-bond donors (Lipinski definition) is 2. The van der Waals surface area contributed by atoms with Crippen LogP contribution in [0.3, 0.4) is 0 Å². The van der Waals surface area contributed by atoms with E-state index in [0.29, 0.717) is 32.9 Å². The van der Waals surface area contributed by atoms with E-state index in [1.165, 1.54) is 30.6 Å². The molecule has 5 aromatic rings. The van der Waals surface area contributed by atoms with Crippen molar-refractivity contribution < 1.29 is 27.0 Å². The summed E-state index contributed by atoms with van der Waals surface area (Å²) in [5.74, 6) is -0.322. The zero-order valence-corrected chi connectivity index (χ0v) is 17.5. The van der Waals surface area contributed by atoms with Crippen molar-refractivity contribution in [3.05, 3.63) is 53.3 Å². The van der Waals surface area contributed by atoms with Crippen LogP contribution in [0.1, 0.15) is 5.69 Å². The maximum Gasteiger partial charge on any atom is 0.574 e. The molecule has 0 radical (unpaired) electrons. The van der Waals surface area contributed by atoms with Gasteiger partial charge in [-0.25, -0.2) is 9.37 Å². The van der Waals surface area contributed by atoms with E-state index >= 15 is 0 Å². The number of hydrogen-bond acceptors (Lipinski definition) is 4.